The van der Waals surface area contributed by atoms with Crippen LogP contribution >= 0.6 is 0 Å². The Hall–Kier alpha value is -3.43. The van der Waals surface area contributed by atoms with Crippen LogP contribution in [0, 0.1) is 5.82 Å². The predicted molar refractivity (Wildman–Crippen MR) is 148 cm³/mol. The van der Waals surface area contributed by atoms with E-state index in [-0.39, 0.29) is 28.8 Å². The highest BCUT2D eigenvalue weighted by atomic mass is 32.2. The fourth-order valence-electron chi connectivity index (χ4n) is 4.08. The first-order chi connectivity index (χ1) is 18.8. The molecule has 9 heteroatoms. The molecule has 0 N–H and O–H groups in total. The first-order valence-corrected chi connectivity index (χ1v) is 14.4. The van der Waals surface area contributed by atoms with Crippen LogP contribution in [0.1, 0.15) is 54.1 Å². The second kappa shape index (κ2) is 14.6. The van der Waals surface area contributed by atoms with Gasteiger partial charge in [-0.15, -0.1) is 0 Å². The number of ether oxygens (including phenoxy) is 2. The third-order valence-electron chi connectivity index (χ3n) is 6.28. The summed E-state index contributed by atoms with van der Waals surface area (Å²) in [4.78, 5) is 14.8. The van der Waals surface area contributed by atoms with E-state index in [1.54, 1.807) is 24.1 Å². The Kier molecular flexibility index (Phi) is 11.3. The Morgan fingerprint density at radius 3 is 2.21 bits per heavy atom. The van der Waals surface area contributed by atoms with Gasteiger partial charge in [0.1, 0.15) is 10.7 Å². The molecule has 0 atom stereocenters. The van der Waals surface area contributed by atoms with Gasteiger partial charge in [0.25, 0.3) is 5.91 Å². The van der Waals surface area contributed by atoms with Crippen LogP contribution in [0.3, 0.4) is 0 Å². The third-order valence-corrected chi connectivity index (χ3v) is 7.52. The van der Waals surface area contributed by atoms with Gasteiger partial charge in [0.15, 0.2) is 11.5 Å². The topological polar surface area (TPSA) is 82.1 Å². The highest BCUT2D eigenvalue weighted by Gasteiger charge is 2.21. The summed E-state index contributed by atoms with van der Waals surface area (Å²) in [5, 5.41) is 0. The van der Waals surface area contributed by atoms with E-state index in [9.17, 15) is 17.6 Å². The molecule has 0 saturated carbocycles. The molecular formula is C30H36FNO6S. The molecule has 0 heterocycles. The van der Waals surface area contributed by atoms with Gasteiger partial charge in [0.05, 0.1) is 13.7 Å². The number of amides is 1. The highest BCUT2D eigenvalue weighted by molar-refractivity contribution is 7.87. The molecule has 0 spiro atoms. The standard InChI is InChI=1S/C30H36FNO6S/c1-4-5-6-7-8-23-9-12-25(13-10-23)30(33)32(19-20-36-2)22-24-11-18-28(37-3)29(21-24)38-39(34,35)27-16-14-26(31)15-17-27/h9-18,21H,4-8,19-20,22H2,1-3H3. The fourth-order valence-corrected chi connectivity index (χ4v) is 5.01. The smallest absolute Gasteiger partial charge is 0.339 e. The van der Waals surface area contributed by atoms with E-state index < -0.39 is 15.9 Å². The molecule has 0 fully saturated rings. The minimum atomic E-state index is -4.24. The van der Waals surface area contributed by atoms with Crippen molar-refractivity contribution in [2.24, 2.45) is 0 Å². The molecule has 0 aliphatic carbocycles. The SMILES string of the molecule is CCCCCCc1ccc(C(=O)N(CCOC)Cc2ccc(OC)c(OS(=O)(=O)c3ccc(F)cc3)c2)cc1. The first-order valence-electron chi connectivity index (χ1n) is 13.0. The minimum absolute atomic E-state index is 0.0362. The summed E-state index contributed by atoms with van der Waals surface area (Å²) < 4.78 is 54.7. The second-order valence-corrected chi connectivity index (χ2v) is 10.7. The van der Waals surface area contributed by atoms with Crippen LogP contribution in [-0.2, 0) is 27.8 Å². The van der Waals surface area contributed by atoms with Gasteiger partial charge in [-0.05, 0) is 72.5 Å². The molecule has 3 aromatic carbocycles. The van der Waals surface area contributed by atoms with Crippen molar-refractivity contribution >= 4 is 16.0 Å². The van der Waals surface area contributed by atoms with Crippen molar-refractivity contribution in [3.05, 3.63) is 89.2 Å². The van der Waals surface area contributed by atoms with Crippen molar-refractivity contribution in [3.63, 3.8) is 0 Å². The van der Waals surface area contributed by atoms with E-state index in [1.807, 2.05) is 24.3 Å². The summed E-state index contributed by atoms with van der Waals surface area (Å²) in [6.45, 7) is 3.05. The summed E-state index contributed by atoms with van der Waals surface area (Å²) in [5.41, 5.74) is 2.40. The van der Waals surface area contributed by atoms with Crippen LogP contribution in [0.2, 0.25) is 0 Å². The van der Waals surface area contributed by atoms with Gasteiger partial charge in [-0.25, -0.2) is 4.39 Å². The molecule has 210 valence electrons. The quantitative estimate of drug-likeness (QED) is 0.168. The number of hydrogen-bond donors (Lipinski definition) is 0. The number of hydrogen-bond acceptors (Lipinski definition) is 6. The molecule has 0 aliphatic heterocycles. The van der Waals surface area contributed by atoms with E-state index in [4.69, 9.17) is 13.7 Å². The number of nitrogens with zero attached hydrogens (tertiary/aromatic N) is 1. The van der Waals surface area contributed by atoms with E-state index in [0.717, 1.165) is 37.1 Å². The number of methoxy groups -OCH3 is 2. The fraction of sp³-hybridized carbons (Fsp3) is 0.367. The summed E-state index contributed by atoms with van der Waals surface area (Å²) >= 11 is 0. The Balaban J connectivity index is 1.78. The van der Waals surface area contributed by atoms with Crippen molar-refractivity contribution in [1.82, 2.24) is 4.90 Å². The maximum absolute atomic E-state index is 13.4. The van der Waals surface area contributed by atoms with Gasteiger partial charge >= 0.3 is 10.1 Å². The summed E-state index contributed by atoms with van der Waals surface area (Å²) in [7, 11) is -1.28. The lowest BCUT2D eigenvalue weighted by Crippen LogP contribution is -2.33. The summed E-state index contributed by atoms with van der Waals surface area (Å²) in [6, 6.07) is 16.9. The number of halogens is 1. The molecule has 3 rings (SSSR count). The van der Waals surface area contributed by atoms with Crippen LogP contribution < -0.4 is 8.92 Å². The Morgan fingerprint density at radius 2 is 1.56 bits per heavy atom. The average Bonchev–Trinajstić information content (AvgIpc) is 2.93. The lowest BCUT2D eigenvalue weighted by atomic mass is 10.0. The van der Waals surface area contributed by atoms with Crippen molar-refractivity contribution < 1.29 is 31.3 Å². The molecule has 3 aromatic rings. The number of benzene rings is 3. The molecule has 0 radical (unpaired) electrons. The van der Waals surface area contributed by atoms with Crippen molar-refractivity contribution in [2.75, 3.05) is 27.4 Å². The molecule has 0 aliphatic rings. The van der Waals surface area contributed by atoms with Crippen molar-refractivity contribution in [1.29, 1.82) is 0 Å². The molecule has 0 unspecified atom stereocenters. The second-order valence-electron chi connectivity index (χ2n) is 9.20. The molecule has 0 bridgehead atoms. The molecular weight excluding hydrogens is 521 g/mol. The first kappa shape index (κ1) is 30.1. The monoisotopic (exact) mass is 557 g/mol. The molecule has 0 aromatic heterocycles. The molecule has 1 amide bonds. The number of unbranched alkanes of at least 4 members (excludes halogenated alkanes) is 3. The zero-order chi connectivity index (χ0) is 28.3. The number of rotatable bonds is 15. The van der Waals surface area contributed by atoms with Crippen LogP contribution in [-0.4, -0.2) is 46.6 Å². The van der Waals surface area contributed by atoms with Crippen LogP contribution in [0.4, 0.5) is 4.39 Å². The van der Waals surface area contributed by atoms with Gasteiger partial charge in [-0.3, -0.25) is 4.79 Å². The maximum Gasteiger partial charge on any atom is 0.339 e. The normalized spacial score (nSPS) is 11.3. The Labute approximate surface area is 230 Å². The van der Waals surface area contributed by atoms with Crippen LogP contribution in [0.5, 0.6) is 11.5 Å². The Morgan fingerprint density at radius 1 is 0.872 bits per heavy atom. The highest BCUT2D eigenvalue weighted by Crippen LogP contribution is 2.31. The third kappa shape index (κ3) is 8.80. The van der Waals surface area contributed by atoms with E-state index in [1.165, 1.54) is 38.0 Å². The van der Waals surface area contributed by atoms with Gasteiger partial charge in [0.2, 0.25) is 0 Å². The van der Waals surface area contributed by atoms with Gasteiger partial charge < -0.3 is 18.6 Å². The van der Waals surface area contributed by atoms with Crippen molar-refractivity contribution in [3.8, 4) is 11.5 Å². The van der Waals surface area contributed by atoms with Gasteiger partial charge in [-0.2, -0.15) is 8.42 Å². The van der Waals surface area contributed by atoms with E-state index >= 15 is 0 Å². The number of carbonyl (C=O) groups excluding carboxylic acids is 1. The van der Waals surface area contributed by atoms with E-state index in [2.05, 4.69) is 6.92 Å². The minimum Gasteiger partial charge on any atom is -0.493 e. The molecule has 7 nitrogen and oxygen atoms in total. The average molecular weight is 558 g/mol. The van der Waals surface area contributed by atoms with Gasteiger partial charge in [0, 0.05) is 25.8 Å². The summed E-state index contributed by atoms with van der Waals surface area (Å²) in [6.07, 6.45) is 5.72. The predicted octanol–water partition coefficient (Wildman–Crippen LogP) is 6.01. The van der Waals surface area contributed by atoms with Crippen molar-refractivity contribution in [2.45, 2.75) is 50.5 Å². The van der Waals surface area contributed by atoms with Crippen LogP contribution in [0.25, 0.3) is 0 Å². The Bertz CT molecular complexity index is 1310. The zero-order valence-electron chi connectivity index (χ0n) is 22.7. The number of aryl methyl sites for hydroxylation is 1. The molecule has 39 heavy (non-hydrogen) atoms. The summed E-state index contributed by atoms with van der Waals surface area (Å²) in [5.74, 6) is -0.558. The lowest BCUT2D eigenvalue weighted by Gasteiger charge is -2.23. The van der Waals surface area contributed by atoms with E-state index in [0.29, 0.717) is 24.3 Å². The number of carbonyl (C=O) groups is 1. The lowest BCUT2D eigenvalue weighted by molar-refractivity contribution is 0.0680. The van der Waals surface area contributed by atoms with Crippen LogP contribution in [0.15, 0.2) is 71.6 Å². The largest absolute Gasteiger partial charge is 0.493 e. The molecule has 0 saturated heterocycles. The van der Waals surface area contributed by atoms with Gasteiger partial charge in [-0.1, -0.05) is 44.4 Å². The zero-order valence-corrected chi connectivity index (χ0v) is 23.5. The maximum atomic E-state index is 13.4.